The molecular weight excluding hydrogens is 1420 g/mol. The molecule has 112 heavy (non-hydrogen) atoms. The fourth-order valence-electron chi connectivity index (χ4n) is 14.7. The summed E-state index contributed by atoms with van der Waals surface area (Å²) in [5.41, 5.74) is 5.10. The van der Waals surface area contributed by atoms with Gasteiger partial charge in [0.2, 0.25) is 6.29 Å². The molecule has 2 fully saturated rings. The van der Waals surface area contributed by atoms with Crippen LogP contribution in [-0.2, 0) is 101 Å². The first-order valence-electron chi connectivity index (χ1n) is 42.2. The molecule has 6 aromatic carbocycles. The maximum absolute atomic E-state index is 15.3. The number of benzene rings is 6. The molecule has 618 valence electrons. The predicted molar refractivity (Wildman–Crippen MR) is 438 cm³/mol. The van der Waals surface area contributed by atoms with Gasteiger partial charge in [0, 0.05) is 6.42 Å². The number of hydrogen-bond acceptors (Lipinski definition) is 18. The van der Waals surface area contributed by atoms with Gasteiger partial charge >= 0.3 is 11.9 Å². The molecule has 2 aliphatic rings. The fourth-order valence-corrected chi connectivity index (χ4v) is 14.7. The Balaban J connectivity index is 1.17. The summed E-state index contributed by atoms with van der Waals surface area (Å²) in [6.45, 7) is 7.00. The van der Waals surface area contributed by atoms with Gasteiger partial charge in [-0.25, -0.2) is 0 Å². The van der Waals surface area contributed by atoms with Crippen LogP contribution >= 0.6 is 0 Å². The second-order valence-corrected chi connectivity index (χ2v) is 30.2. The fraction of sp³-hybridized carbons (Fsp3) is 0.596. The number of rotatable bonds is 59. The topological polar surface area (TPSA) is 182 Å². The summed E-state index contributed by atoms with van der Waals surface area (Å²) in [5, 5.41) is 0. The number of esters is 2. The van der Waals surface area contributed by atoms with Gasteiger partial charge in [0.15, 0.2) is 41.5 Å². The van der Waals surface area contributed by atoms with Crippen molar-refractivity contribution in [3.05, 3.63) is 185 Å². The van der Waals surface area contributed by atoms with Gasteiger partial charge in [-0.2, -0.15) is 0 Å². The molecule has 11 atom stereocenters. The Kier molecular flexibility index (Phi) is 43.5. The SMILES string of the molecule is CCCCCCCCCCCCCCCC[C@H](C)C(=O)O[C@@H]1[C@@H](OC(=O)CCCCCCCCCCCCCCC)[C@@H](O[C@H]2O[C@H](COCc3ccc(OC)c(OC)c3)[C@@H](OCc3ccccc3)[C@H](OCc3ccccc3)[C@H]2OCc2ccc(OC)cc2)O[C@H](COCc2ccc(OC)c(OC)c2)[C@H]1OCc1ccccc1. The minimum absolute atomic E-state index is 0.0352. The van der Waals surface area contributed by atoms with Crippen molar-refractivity contribution in [3.63, 3.8) is 0 Å². The summed E-state index contributed by atoms with van der Waals surface area (Å²) in [6.07, 6.45) is 20.9. The number of carbonyl (C=O) groups excluding carboxylic acids is 2. The number of methoxy groups -OCH3 is 5. The smallest absolute Gasteiger partial charge is 0.309 e. The third-order valence-electron chi connectivity index (χ3n) is 21.3. The third kappa shape index (κ3) is 32.3. The molecule has 0 unspecified atom stereocenters. The normalized spacial score (nSPS) is 19.9. The van der Waals surface area contributed by atoms with Crippen molar-refractivity contribution in [3.8, 4) is 28.7 Å². The van der Waals surface area contributed by atoms with E-state index in [9.17, 15) is 0 Å². The summed E-state index contributed by atoms with van der Waals surface area (Å²) in [6, 6.07) is 48.5. The largest absolute Gasteiger partial charge is 0.497 e. The van der Waals surface area contributed by atoms with E-state index >= 15 is 9.59 Å². The van der Waals surface area contributed by atoms with E-state index in [0.29, 0.717) is 41.6 Å². The number of carbonyl (C=O) groups is 2. The van der Waals surface area contributed by atoms with Gasteiger partial charge < -0.3 is 75.8 Å². The lowest BCUT2D eigenvalue weighted by Gasteiger charge is -2.49. The molecule has 2 heterocycles. The second kappa shape index (κ2) is 53.9. The van der Waals surface area contributed by atoms with Crippen molar-refractivity contribution in [2.75, 3.05) is 48.8 Å². The number of hydrogen-bond donors (Lipinski definition) is 0. The van der Waals surface area contributed by atoms with Gasteiger partial charge in [0.25, 0.3) is 0 Å². The maximum Gasteiger partial charge on any atom is 0.309 e. The van der Waals surface area contributed by atoms with E-state index in [1.165, 1.54) is 116 Å². The Morgan fingerprint density at radius 2 is 0.696 bits per heavy atom. The lowest BCUT2D eigenvalue weighted by molar-refractivity contribution is -0.389. The van der Waals surface area contributed by atoms with Gasteiger partial charge in [0.05, 0.1) is 94.3 Å². The van der Waals surface area contributed by atoms with Crippen molar-refractivity contribution >= 4 is 11.9 Å². The van der Waals surface area contributed by atoms with E-state index in [4.69, 9.17) is 75.8 Å². The molecule has 0 bridgehead atoms. The molecule has 0 aliphatic carbocycles. The molecule has 2 saturated heterocycles. The summed E-state index contributed by atoms with van der Waals surface area (Å²) in [5.74, 6) is 1.40. The van der Waals surface area contributed by atoms with Crippen molar-refractivity contribution in [1.29, 1.82) is 0 Å². The first-order chi connectivity index (χ1) is 55.0. The van der Waals surface area contributed by atoms with Gasteiger partial charge in [0.1, 0.15) is 42.4 Å². The second-order valence-electron chi connectivity index (χ2n) is 30.2. The van der Waals surface area contributed by atoms with Crippen LogP contribution < -0.4 is 23.7 Å². The number of unbranched alkanes of at least 4 members (excludes halogenated alkanes) is 25. The zero-order valence-electron chi connectivity index (χ0n) is 68.8. The highest BCUT2D eigenvalue weighted by atomic mass is 16.8. The minimum atomic E-state index is -1.54. The molecule has 2 aliphatic heterocycles. The van der Waals surface area contributed by atoms with Gasteiger partial charge in [-0.3, -0.25) is 9.59 Å². The molecule has 0 aromatic heterocycles. The Hall–Kier alpha value is -7.10. The molecule has 0 N–H and O–H groups in total. The Bertz CT molecular complexity index is 3430. The van der Waals surface area contributed by atoms with E-state index in [0.717, 1.165) is 84.7 Å². The van der Waals surface area contributed by atoms with Crippen LogP contribution in [0.2, 0.25) is 0 Å². The van der Waals surface area contributed by atoms with E-state index in [2.05, 4.69) is 13.8 Å². The van der Waals surface area contributed by atoms with Gasteiger partial charge in [-0.05, 0) is 82.6 Å². The Labute approximate surface area is 670 Å². The molecule has 0 radical (unpaired) electrons. The van der Waals surface area contributed by atoms with Crippen molar-refractivity contribution < 1.29 is 85.4 Å². The third-order valence-corrected chi connectivity index (χ3v) is 21.3. The predicted octanol–water partition coefficient (Wildman–Crippen LogP) is 21.1. The molecule has 18 nitrogen and oxygen atoms in total. The molecule has 8 rings (SSSR count). The highest BCUT2D eigenvalue weighted by Crippen LogP contribution is 2.39. The summed E-state index contributed by atoms with van der Waals surface area (Å²) >= 11 is 0. The quantitative estimate of drug-likeness (QED) is 0.0259. The van der Waals surface area contributed by atoms with E-state index < -0.39 is 79.3 Å². The van der Waals surface area contributed by atoms with Crippen LogP contribution in [0.25, 0.3) is 0 Å². The molecule has 0 saturated carbocycles. The van der Waals surface area contributed by atoms with Crippen LogP contribution in [0.1, 0.15) is 240 Å². The van der Waals surface area contributed by atoms with Gasteiger partial charge in [-0.1, -0.05) is 303 Å². The van der Waals surface area contributed by atoms with Crippen LogP contribution in [0.5, 0.6) is 28.7 Å². The van der Waals surface area contributed by atoms with Gasteiger partial charge in [-0.15, -0.1) is 0 Å². The zero-order valence-corrected chi connectivity index (χ0v) is 68.8. The highest BCUT2D eigenvalue weighted by Gasteiger charge is 2.56. The van der Waals surface area contributed by atoms with E-state index in [1.54, 1.807) is 35.5 Å². The monoisotopic (exact) mass is 1550 g/mol. The minimum Gasteiger partial charge on any atom is -0.497 e. The zero-order chi connectivity index (χ0) is 79.0. The molecular formula is C94H134O18. The van der Waals surface area contributed by atoms with E-state index in [1.807, 2.05) is 159 Å². The van der Waals surface area contributed by atoms with Crippen LogP contribution in [0, 0.1) is 5.92 Å². The van der Waals surface area contributed by atoms with Crippen molar-refractivity contribution in [1.82, 2.24) is 0 Å². The lowest BCUT2D eigenvalue weighted by Crippen LogP contribution is -2.66. The molecule has 18 heteroatoms. The van der Waals surface area contributed by atoms with E-state index in [-0.39, 0.29) is 59.3 Å². The molecule has 6 aromatic rings. The standard InChI is InChI=1S/C94H134O18/c1-9-11-13-15-17-19-21-23-25-26-28-30-32-37-45-71(3)92(96)111-89-87(105-66-73-48-40-35-41-49-73)84(70-103-64-77-56-60-80(99-6)82(62-77)101-8)109-94(91(89)110-85(95)52-44-33-31-29-27-24-22-20-18-16-14-12-10-2)112-93-90(107-68-75-53-57-78(97-4)58-54-75)88(106-67-74-50-42-36-43-51-74)86(104-65-72-46-38-34-39-47-72)83(108-93)69-102-63-76-55-59-79(98-5)81(61-76)100-7/h34-36,38-43,46-51,53-62,71,83-84,86-91,93-94H,9-33,37,44-45,52,63-70H2,1-8H3/t71-,83+,84+,86+,87+,88-,89-,90+,91+,93+,94+/m0/s1. The van der Waals surface area contributed by atoms with Crippen LogP contribution in [-0.4, -0.2) is 122 Å². The van der Waals surface area contributed by atoms with Crippen LogP contribution in [0.3, 0.4) is 0 Å². The lowest BCUT2D eigenvalue weighted by atomic mass is 9.96. The highest BCUT2D eigenvalue weighted by molar-refractivity contribution is 5.72. The Morgan fingerprint density at radius 1 is 0.339 bits per heavy atom. The molecule has 0 amide bonds. The summed E-state index contributed by atoms with van der Waals surface area (Å²) in [4.78, 5) is 30.5. The number of ether oxygens (including phenoxy) is 16. The molecule has 0 spiro atoms. The summed E-state index contributed by atoms with van der Waals surface area (Å²) < 4.78 is 106. The van der Waals surface area contributed by atoms with Crippen molar-refractivity contribution in [2.24, 2.45) is 5.92 Å². The summed E-state index contributed by atoms with van der Waals surface area (Å²) in [7, 11) is 8.01. The maximum atomic E-state index is 15.3. The van der Waals surface area contributed by atoms with Crippen LogP contribution in [0.4, 0.5) is 0 Å². The Morgan fingerprint density at radius 3 is 1.11 bits per heavy atom. The first kappa shape index (κ1) is 90.4. The average Bonchev–Trinajstić information content (AvgIpc) is 0.781. The van der Waals surface area contributed by atoms with Crippen molar-refractivity contribution in [2.45, 2.75) is 308 Å². The first-order valence-corrected chi connectivity index (χ1v) is 42.2. The average molecular weight is 1550 g/mol. The van der Waals surface area contributed by atoms with Crippen LogP contribution in [0.15, 0.2) is 152 Å².